The number of carbonyl (C=O) groups excluding carboxylic acids is 1. The highest BCUT2D eigenvalue weighted by Crippen LogP contribution is 2.30. The molecule has 1 saturated heterocycles. The van der Waals surface area contributed by atoms with Crippen LogP contribution in [0.25, 0.3) is 0 Å². The first-order valence-corrected chi connectivity index (χ1v) is 11.5. The van der Waals surface area contributed by atoms with E-state index in [1.807, 2.05) is 13.8 Å². The molecular weight excluding hydrogens is 378 g/mol. The van der Waals surface area contributed by atoms with Gasteiger partial charge < -0.3 is 15.0 Å². The molecule has 0 radical (unpaired) electrons. The molecule has 28 heavy (non-hydrogen) atoms. The van der Waals surface area contributed by atoms with Gasteiger partial charge >= 0.3 is 0 Å². The molecule has 1 aliphatic rings. The maximum Gasteiger partial charge on any atom is 0.243 e. The monoisotopic (exact) mass is 411 g/mol. The third kappa shape index (κ3) is 5.68. The van der Waals surface area contributed by atoms with E-state index >= 15 is 0 Å². The van der Waals surface area contributed by atoms with Gasteiger partial charge in [0.2, 0.25) is 15.9 Å². The number of benzene rings is 1. The Morgan fingerprint density at radius 2 is 1.86 bits per heavy atom. The fourth-order valence-electron chi connectivity index (χ4n) is 3.18. The highest BCUT2D eigenvalue weighted by atomic mass is 32.2. The van der Waals surface area contributed by atoms with Crippen LogP contribution in [-0.2, 0) is 19.6 Å². The fraction of sp³-hybridized carbons (Fsp3) is 0.650. The molecule has 1 aromatic carbocycles. The average Bonchev–Trinajstić information content (AvgIpc) is 2.69. The first-order chi connectivity index (χ1) is 13.3. The number of rotatable bonds is 9. The van der Waals surface area contributed by atoms with Crippen LogP contribution >= 0.6 is 0 Å². The molecule has 1 aromatic rings. The molecule has 1 heterocycles. The average molecular weight is 412 g/mol. The molecule has 7 nitrogen and oxygen atoms in total. The molecule has 158 valence electrons. The Bertz CT molecular complexity index is 755. The number of carbonyl (C=O) groups is 1. The molecule has 0 spiro atoms. The van der Waals surface area contributed by atoms with E-state index in [-0.39, 0.29) is 10.8 Å². The molecule has 1 fully saturated rings. The van der Waals surface area contributed by atoms with Crippen LogP contribution in [-0.4, -0.2) is 58.0 Å². The zero-order valence-corrected chi connectivity index (χ0v) is 18.2. The smallest absolute Gasteiger partial charge is 0.243 e. The van der Waals surface area contributed by atoms with Crippen LogP contribution in [0.15, 0.2) is 23.1 Å². The normalized spacial score (nSPS) is 15.6. The van der Waals surface area contributed by atoms with Gasteiger partial charge in [-0.25, -0.2) is 8.42 Å². The highest BCUT2D eigenvalue weighted by Gasteiger charge is 2.27. The highest BCUT2D eigenvalue weighted by molar-refractivity contribution is 7.89. The van der Waals surface area contributed by atoms with E-state index in [1.54, 1.807) is 18.2 Å². The summed E-state index contributed by atoms with van der Waals surface area (Å²) in [5.41, 5.74) is 1.38. The minimum atomic E-state index is -3.62. The molecule has 1 N–H and O–H groups in total. The summed E-state index contributed by atoms with van der Waals surface area (Å²) < 4.78 is 32.7. The number of ether oxygens (including phenoxy) is 1. The summed E-state index contributed by atoms with van der Waals surface area (Å²) in [6.45, 7) is 11.2. The van der Waals surface area contributed by atoms with Crippen LogP contribution in [0.1, 0.15) is 40.5 Å². The molecule has 1 aliphatic heterocycles. The summed E-state index contributed by atoms with van der Waals surface area (Å²) in [7, 11) is -3.62. The molecule has 0 aromatic heterocycles. The number of anilines is 2. The van der Waals surface area contributed by atoms with E-state index in [0.717, 1.165) is 25.2 Å². The second-order valence-electron chi connectivity index (χ2n) is 7.35. The van der Waals surface area contributed by atoms with Crippen molar-refractivity contribution in [2.45, 2.75) is 45.4 Å². The van der Waals surface area contributed by atoms with Crippen molar-refractivity contribution in [1.82, 2.24) is 4.31 Å². The number of nitrogens with zero attached hydrogens (tertiary/aromatic N) is 2. The van der Waals surface area contributed by atoms with Crippen molar-refractivity contribution in [3.8, 4) is 0 Å². The fourth-order valence-corrected chi connectivity index (χ4v) is 4.62. The van der Waals surface area contributed by atoms with Crippen LogP contribution in [0.4, 0.5) is 11.4 Å². The molecule has 0 aliphatic carbocycles. The van der Waals surface area contributed by atoms with Gasteiger partial charge in [0.05, 0.1) is 29.5 Å². The van der Waals surface area contributed by atoms with Crippen molar-refractivity contribution >= 4 is 27.3 Å². The first kappa shape index (κ1) is 22.6. The Balaban J connectivity index is 2.35. The van der Waals surface area contributed by atoms with Crippen LogP contribution in [0.5, 0.6) is 0 Å². The lowest BCUT2D eigenvalue weighted by atomic mass is 10.1. The summed E-state index contributed by atoms with van der Waals surface area (Å²) in [5, 5.41) is 2.94. The van der Waals surface area contributed by atoms with Gasteiger partial charge in [0.1, 0.15) is 0 Å². The van der Waals surface area contributed by atoms with E-state index in [1.165, 1.54) is 4.31 Å². The maximum absolute atomic E-state index is 13.0. The number of morpholine rings is 1. The van der Waals surface area contributed by atoms with Gasteiger partial charge in [0.25, 0.3) is 0 Å². The summed E-state index contributed by atoms with van der Waals surface area (Å²) in [6, 6.07) is 5.01. The van der Waals surface area contributed by atoms with Crippen molar-refractivity contribution in [2.24, 2.45) is 5.92 Å². The molecule has 0 saturated carbocycles. The number of hydrogen-bond acceptors (Lipinski definition) is 5. The summed E-state index contributed by atoms with van der Waals surface area (Å²) in [4.78, 5) is 14.7. The molecule has 0 atom stereocenters. The SMILES string of the molecule is CCN(CC)c1ccc(S(=O)(=O)N2CCOCC2)cc1NC(=O)CCC(C)C. The lowest BCUT2D eigenvalue weighted by Gasteiger charge is -2.28. The number of nitrogens with one attached hydrogen (secondary N) is 1. The minimum Gasteiger partial charge on any atom is -0.379 e. The van der Waals surface area contributed by atoms with Crippen molar-refractivity contribution in [1.29, 1.82) is 0 Å². The first-order valence-electron chi connectivity index (χ1n) is 10.1. The lowest BCUT2D eigenvalue weighted by molar-refractivity contribution is -0.116. The summed E-state index contributed by atoms with van der Waals surface area (Å²) in [6.07, 6.45) is 1.20. The molecule has 0 unspecified atom stereocenters. The van der Waals surface area contributed by atoms with Crippen LogP contribution < -0.4 is 10.2 Å². The van der Waals surface area contributed by atoms with Crippen LogP contribution in [0.3, 0.4) is 0 Å². The number of hydrogen-bond donors (Lipinski definition) is 1. The van der Waals surface area contributed by atoms with Crippen molar-refractivity contribution in [3.63, 3.8) is 0 Å². The zero-order valence-electron chi connectivity index (χ0n) is 17.4. The Hall–Kier alpha value is -1.64. The van der Waals surface area contributed by atoms with Gasteiger partial charge in [-0.3, -0.25) is 4.79 Å². The Morgan fingerprint density at radius 3 is 2.43 bits per heavy atom. The van der Waals surface area contributed by atoms with E-state index in [9.17, 15) is 13.2 Å². The quantitative estimate of drug-likeness (QED) is 0.676. The number of sulfonamides is 1. The predicted molar refractivity (Wildman–Crippen MR) is 112 cm³/mol. The topological polar surface area (TPSA) is 79.0 Å². The van der Waals surface area contributed by atoms with Crippen molar-refractivity contribution in [3.05, 3.63) is 18.2 Å². The molecular formula is C20H33N3O4S. The summed E-state index contributed by atoms with van der Waals surface area (Å²) in [5.74, 6) is 0.337. The second-order valence-corrected chi connectivity index (χ2v) is 9.29. The second kappa shape index (κ2) is 10.2. The maximum atomic E-state index is 13.0. The third-order valence-electron chi connectivity index (χ3n) is 4.90. The Labute approximate surface area is 169 Å². The minimum absolute atomic E-state index is 0.0944. The molecule has 8 heteroatoms. The largest absolute Gasteiger partial charge is 0.379 e. The van der Waals surface area contributed by atoms with Gasteiger partial charge in [0.15, 0.2) is 0 Å². The van der Waals surface area contributed by atoms with E-state index in [2.05, 4.69) is 24.1 Å². The molecule has 0 bridgehead atoms. The van der Waals surface area contributed by atoms with Gasteiger partial charge in [0, 0.05) is 32.6 Å². The van der Waals surface area contributed by atoms with Gasteiger partial charge in [-0.05, 0) is 44.4 Å². The van der Waals surface area contributed by atoms with Crippen molar-refractivity contribution < 1.29 is 17.9 Å². The van der Waals surface area contributed by atoms with Gasteiger partial charge in [-0.1, -0.05) is 13.8 Å². The van der Waals surface area contributed by atoms with E-state index in [4.69, 9.17) is 4.74 Å². The third-order valence-corrected chi connectivity index (χ3v) is 6.80. The zero-order chi connectivity index (χ0) is 20.7. The van der Waals surface area contributed by atoms with Crippen LogP contribution in [0.2, 0.25) is 0 Å². The Morgan fingerprint density at radius 1 is 1.21 bits per heavy atom. The van der Waals surface area contributed by atoms with Gasteiger partial charge in [-0.15, -0.1) is 0 Å². The van der Waals surface area contributed by atoms with E-state index in [0.29, 0.717) is 44.3 Å². The van der Waals surface area contributed by atoms with E-state index < -0.39 is 10.0 Å². The Kier molecular flexibility index (Phi) is 8.27. The number of amides is 1. The molecule has 2 rings (SSSR count). The standard InChI is InChI=1S/C20H33N3O4S/c1-5-22(6-2)19-9-8-17(28(25,26)23-11-13-27-14-12-23)15-18(19)21-20(24)10-7-16(3)4/h8-9,15-16H,5-7,10-14H2,1-4H3,(H,21,24). The van der Waals surface area contributed by atoms with Crippen molar-refractivity contribution in [2.75, 3.05) is 49.6 Å². The summed E-state index contributed by atoms with van der Waals surface area (Å²) >= 11 is 0. The lowest BCUT2D eigenvalue weighted by Crippen LogP contribution is -2.40. The van der Waals surface area contributed by atoms with Crippen LogP contribution in [0, 0.1) is 5.92 Å². The molecule has 1 amide bonds. The predicted octanol–water partition coefficient (Wildman–Crippen LogP) is 2.93. The van der Waals surface area contributed by atoms with Gasteiger partial charge in [-0.2, -0.15) is 4.31 Å².